The van der Waals surface area contributed by atoms with E-state index in [1.807, 2.05) is 0 Å². The second kappa shape index (κ2) is 9.89. The molecule has 1 aliphatic heterocycles. The summed E-state index contributed by atoms with van der Waals surface area (Å²) in [4.78, 5) is 12.8. The summed E-state index contributed by atoms with van der Waals surface area (Å²) in [6.07, 6.45) is 6.84. The standard InChI is InChI=1S/C23H28N2O3S/c1-3-4-5-6-12-29-23-16(14-24)21(15-10-11-18(26)20(13-15)28-2)22-17(25-23)8-7-9-19(22)27/h10-11,13,21,25-26H,3-9,12H2,1-2H3/t21-/m1/s1. The van der Waals surface area contributed by atoms with Crippen LogP contribution in [0.4, 0.5) is 0 Å². The summed E-state index contributed by atoms with van der Waals surface area (Å²) in [6.45, 7) is 2.19. The predicted molar refractivity (Wildman–Crippen MR) is 116 cm³/mol. The van der Waals surface area contributed by atoms with Crippen molar-refractivity contribution < 1.29 is 14.6 Å². The molecule has 3 rings (SSSR count). The van der Waals surface area contributed by atoms with Crippen molar-refractivity contribution in [1.29, 1.82) is 5.26 Å². The fourth-order valence-electron chi connectivity index (χ4n) is 3.95. The molecule has 1 aromatic carbocycles. The van der Waals surface area contributed by atoms with Crippen molar-refractivity contribution >= 4 is 17.5 Å². The number of hydrogen-bond acceptors (Lipinski definition) is 6. The van der Waals surface area contributed by atoms with Crippen molar-refractivity contribution in [1.82, 2.24) is 5.32 Å². The molecule has 0 fully saturated rings. The van der Waals surface area contributed by atoms with Crippen LogP contribution in [0.15, 0.2) is 40.1 Å². The summed E-state index contributed by atoms with van der Waals surface area (Å²) in [6, 6.07) is 7.45. The number of allylic oxidation sites excluding steroid dienone is 3. The van der Waals surface area contributed by atoms with Crippen LogP contribution < -0.4 is 10.1 Å². The maximum atomic E-state index is 12.8. The number of nitriles is 1. The van der Waals surface area contributed by atoms with Crippen molar-refractivity contribution in [2.45, 2.75) is 57.8 Å². The van der Waals surface area contributed by atoms with Gasteiger partial charge in [0.2, 0.25) is 0 Å². The Morgan fingerprint density at radius 3 is 2.86 bits per heavy atom. The van der Waals surface area contributed by atoms with E-state index in [1.54, 1.807) is 30.0 Å². The number of aromatic hydroxyl groups is 1. The maximum absolute atomic E-state index is 12.8. The summed E-state index contributed by atoms with van der Waals surface area (Å²) in [5.74, 6) is 1.00. The molecule has 0 unspecified atom stereocenters. The summed E-state index contributed by atoms with van der Waals surface area (Å²) < 4.78 is 5.27. The van der Waals surface area contributed by atoms with Gasteiger partial charge in [-0.25, -0.2) is 0 Å². The number of phenols is 1. The SMILES string of the molecule is CCCCCCSC1=C(C#N)[C@@H](c2ccc(O)c(OC)c2)C2=C(CCCC2=O)N1. The number of rotatable bonds is 8. The summed E-state index contributed by atoms with van der Waals surface area (Å²) in [5, 5.41) is 24.3. The quantitative estimate of drug-likeness (QED) is 0.575. The highest BCUT2D eigenvalue weighted by molar-refractivity contribution is 8.03. The second-order valence-corrected chi connectivity index (χ2v) is 8.53. The molecule has 0 radical (unpaired) electrons. The number of carbonyl (C=O) groups is 1. The Hall–Kier alpha value is -2.39. The minimum atomic E-state index is -0.420. The van der Waals surface area contributed by atoms with E-state index in [0.717, 1.165) is 41.3 Å². The van der Waals surface area contributed by atoms with Crippen LogP contribution in [-0.2, 0) is 4.79 Å². The molecule has 6 heteroatoms. The summed E-state index contributed by atoms with van der Waals surface area (Å²) in [7, 11) is 1.50. The Morgan fingerprint density at radius 1 is 1.31 bits per heavy atom. The zero-order valence-corrected chi connectivity index (χ0v) is 17.9. The van der Waals surface area contributed by atoms with Gasteiger partial charge in [0.25, 0.3) is 0 Å². The number of Topliss-reactive ketones (excluding diaryl/α,β-unsaturated/α-hetero) is 1. The largest absolute Gasteiger partial charge is 0.504 e. The van der Waals surface area contributed by atoms with E-state index in [1.165, 1.54) is 26.4 Å². The predicted octanol–water partition coefficient (Wildman–Crippen LogP) is 5.14. The number of dihydropyridines is 1. The van der Waals surface area contributed by atoms with Crippen LogP contribution in [0.2, 0.25) is 0 Å². The Bertz CT molecular complexity index is 883. The lowest BCUT2D eigenvalue weighted by Gasteiger charge is -2.33. The topological polar surface area (TPSA) is 82.3 Å². The van der Waals surface area contributed by atoms with Gasteiger partial charge in [0.05, 0.1) is 29.7 Å². The Balaban J connectivity index is 1.99. The average Bonchev–Trinajstić information content (AvgIpc) is 2.73. The minimum absolute atomic E-state index is 0.0439. The molecule has 0 aromatic heterocycles. The van der Waals surface area contributed by atoms with Crippen LogP contribution >= 0.6 is 11.8 Å². The molecule has 29 heavy (non-hydrogen) atoms. The van der Waals surface area contributed by atoms with Gasteiger partial charge >= 0.3 is 0 Å². The monoisotopic (exact) mass is 412 g/mol. The van der Waals surface area contributed by atoms with Crippen molar-refractivity contribution in [2.75, 3.05) is 12.9 Å². The number of hydrogen-bond donors (Lipinski definition) is 2. The van der Waals surface area contributed by atoms with Crippen molar-refractivity contribution in [2.24, 2.45) is 0 Å². The van der Waals surface area contributed by atoms with Gasteiger partial charge < -0.3 is 15.2 Å². The first-order valence-corrected chi connectivity index (χ1v) is 11.3. The van der Waals surface area contributed by atoms with Crippen LogP contribution in [0, 0.1) is 11.3 Å². The normalized spacial score (nSPS) is 18.9. The van der Waals surface area contributed by atoms with E-state index in [-0.39, 0.29) is 11.5 Å². The Morgan fingerprint density at radius 2 is 2.14 bits per heavy atom. The molecule has 0 saturated carbocycles. The molecule has 0 spiro atoms. The highest BCUT2D eigenvalue weighted by Crippen LogP contribution is 2.45. The molecule has 154 valence electrons. The average molecular weight is 413 g/mol. The third kappa shape index (κ3) is 4.62. The molecule has 2 aliphatic rings. The van der Waals surface area contributed by atoms with E-state index in [2.05, 4.69) is 18.3 Å². The molecule has 2 N–H and O–H groups in total. The molecule has 0 amide bonds. The number of thioether (sulfide) groups is 1. The fraction of sp³-hybridized carbons (Fsp3) is 0.478. The molecule has 1 atom stereocenters. The van der Waals surface area contributed by atoms with Gasteiger partial charge in [0.1, 0.15) is 0 Å². The van der Waals surface area contributed by atoms with Gasteiger partial charge in [-0.05, 0) is 42.7 Å². The van der Waals surface area contributed by atoms with Crippen LogP contribution in [0.3, 0.4) is 0 Å². The minimum Gasteiger partial charge on any atom is -0.504 e. The van der Waals surface area contributed by atoms with Gasteiger partial charge in [-0.15, -0.1) is 11.8 Å². The molecule has 0 saturated heterocycles. The molecule has 1 aliphatic carbocycles. The lowest BCUT2D eigenvalue weighted by atomic mass is 9.77. The lowest BCUT2D eigenvalue weighted by molar-refractivity contribution is -0.116. The van der Waals surface area contributed by atoms with Crippen molar-refractivity contribution in [3.8, 4) is 17.6 Å². The molecular formula is C23H28N2O3S. The highest BCUT2D eigenvalue weighted by atomic mass is 32.2. The number of benzene rings is 1. The van der Waals surface area contributed by atoms with E-state index in [0.29, 0.717) is 23.3 Å². The number of carbonyl (C=O) groups excluding carboxylic acids is 1. The Labute approximate surface area is 176 Å². The molecule has 1 aromatic rings. The summed E-state index contributed by atoms with van der Waals surface area (Å²) in [5.41, 5.74) is 3.00. The molecule has 5 nitrogen and oxygen atoms in total. The van der Waals surface area contributed by atoms with Crippen molar-refractivity contribution in [3.05, 3.63) is 45.6 Å². The molecular weight excluding hydrogens is 384 g/mol. The van der Waals surface area contributed by atoms with Gasteiger partial charge in [0, 0.05) is 17.7 Å². The fourth-order valence-corrected chi connectivity index (χ4v) is 5.01. The number of nitrogens with zero attached hydrogens (tertiary/aromatic N) is 1. The first-order valence-electron chi connectivity index (χ1n) is 10.3. The van der Waals surface area contributed by atoms with Crippen LogP contribution in [0.5, 0.6) is 11.5 Å². The van der Waals surface area contributed by atoms with E-state index in [4.69, 9.17) is 4.74 Å². The zero-order valence-electron chi connectivity index (χ0n) is 17.1. The van der Waals surface area contributed by atoms with E-state index >= 15 is 0 Å². The van der Waals surface area contributed by atoms with Crippen LogP contribution in [-0.4, -0.2) is 23.8 Å². The van der Waals surface area contributed by atoms with Gasteiger partial charge in [-0.1, -0.05) is 32.3 Å². The zero-order chi connectivity index (χ0) is 20.8. The lowest BCUT2D eigenvalue weighted by Crippen LogP contribution is -2.31. The number of unbranched alkanes of at least 4 members (excludes halogenated alkanes) is 3. The maximum Gasteiger partial charge on any atom is 0.161 e. The number of phenolic OH excluding ortho intramolecular Hbond substituents is 1. The number of ether oxygens (including phenoxy) is 1. The number of methoxy groups -OCH3 is 1. The first-order chi connectivity index (χ1) is 14.1. The first kappa shape index (κ1) is 21.3. The third-order valence-electron chi connectivity index (χ3n) is 5.44. The number of nitrogens with one attached hydrogen (secondary N) is 1. The van der Waals surface area contributed by atoms with E-state index < -0.39 is 5.92 Å². The van der Waals surface area contributed by atoms with Crippen LogP contribution in [0.1, 0.15) is 63.4 Å². The van der Waals surface area contributed by atoms with Crippen molar-refractivity contribution in [3.63, 3.8) is 0 Å². The van der Waals surface area contributed by atoms with E-state index in [9.17, 15) is 15.2 Å². The second-order valence-electron chi connectivity index (χ2n) is 7.42. The third-order valence-corrected chi connectivity index (χ3v) is 6.55. The van der Waals surface area contributed by atoms with Gasteiger partial charge in [-0.3, -0.25) is 4.79 Å². The van der Waals surface area contributed by atoms with Crippen LogP contribution in [0.25, 0.3) is 0 Å². The number of ketones is 1. The van der Waals surface area contributed by atoms with Gasteiger partial charge in [0.15, 0.2) is 17.3 Å². The molecule has 1 heterocycles. The smallest absolute Gasteiger partial charge is 0.161 e. The highest BCUT2D eigenvalue weighted by Gasteiger charge is 2.37. The molecule has 0 bridgehead atoms. The summed E-state index contributed by atoms with van der Waals surface area (Å²) >= 11 is 1.67. The Kier molecular flexibility index (Phi) is 7.27. The van der Waals surface area contributed by atoms with Gasteiger partial charge in [-0.2, -0.15) is 5.26 Å².